The molecule has 2 aliphatic rings. The maximum absolute atomic E-state index is 14.6. The molecule has 2 N–H and O–H groups in total. The molecule has 66 heavy (non-hydrogen) atoms. The summed E-state index contributed by atoms with van der Waals surface area (Å²) >= 11 is 0. The first kappa shape index (κ1) is 43.4. The van der Waals surface area contributed by atoms with E-state index in [1.165, 1.54) is 0 Å². The molecule has 16 nitrogen and oxygen atoms in total. The highest BCUT2D eigenvalue weighted by atomic mass is 16.1. The second-order valence-electron chi connectivity index (χ2n) is 18.6. The van der Waals surface area contributed by atoms with Gasteiger partial charge >= 0.3 is 0 Å². The molecule has 0 saturated carbocycles. The standard InChI is InChI=1S/C50H60N14O2/c1-7-59(47-43-46(53-27-52-43)55-29-56-47)26-40-23-36-13-9-11-33(5)42(36)50(66)64(40)38-16-20-61(21-17-38)34(6)25-62-30-58-44-45(54-28-57-48(44)62)51-24-39-22-35-12-8-10-32(4)41(35)49(65)63(39)37-14-18-60(19-15-37)31(2)3/h8-13,22-23,27-31,34,37-38H,7,14-21,24-26H2,1-6H3,(H,51,54,57)(H,52,53,55,56). The Kier molecular flexibility index (Phi) is 11.9. The average Bonchev–Trinajstić information content (AvgIpc) is 3.98. The van der Waals surface area contributed by atoms with E-state index in [1.54, 1.807) is 19.0 Å². The largest absolute Gasteiger partial charge is 0.363 e. The van der Waals surface area contributed by atoms with E-state index in [1.807, 2.05) is 56.6 Å². The summed E-state index contributed by atoms with van der Waals surface area (Å²) in [5.74, 6) is 1.42. The average molecular weight is 889 g/mol. The van der Waals surface area contributed by atoms with Crippen LogP contribution in [0.4, 0.5) is 11.6 Å². The molecule has 2 fully saturated rings. The van der Waals surface area contributed by atoms with E-state index in [0.717, 1.165) is 113 Å². The van der Waals surface area contributed by atoms with Crippen LogP contribution in [-0.4, -0.2) is 103 Å². The maximum atomic E-state index is 14.6. The Morgan fingerprint density at radius 3 is 2.03 bits per heavy atom. The number of nitrogens with one attached hydrogen (secondary N) is 2. The van der Waals surface area contributed by atoms with Gasteiger partial charge in [-0.3, -0.25) is 14.5 Å². The maximum Gasteiger partial charge on any atom is 0.259 e. The number of hydrogen-bond acceptors (Lipinski definition) is 12. The minimum atomic E-state index is 0.0440. The molecule has 0 radical (unpaired) electrons. The number of aromatic nitrogens is 10. The lowest BCUT2D eigenvalue weighted by Gasteiger charge is -2.38. The Bertz CT molecular complexity index is 3170. The lowest BCUT2D eigenvalue weighted by Crippen LogP contribution is -2.44. The first-order valence-electron chi connectivity index (χ1n) is 23.6. The van der Waals surface area contributed by atoms with Crippen molar-refractivity contribution in [1.29, 1.82) is 0 Å². The third-order valence-electron chi connectivity index (χ3n) is 14.4. The summed E-state index contributed by atoms with van der Waals surface area (Å²) in [5.41, 5.74) is 6.93. The molecule has 2 aromatic carbocycles. The summed E-state index contributed by atoms with van der Waals surface area (Å²) in [6.45, 7) is 18.9. The van der Waals surface area contributed by atoms with Crippen molar-refractivity contribution < 1.29 is 0 Å². The number of hydrogen-bond donors (Lipinski definition) is 2. The summed E-state index contributed by atoms with van der Waals surface area (Å²) in [6.07, 6.45) is 10.2. The molecule has 1 atom stereocenters. The van der Waals surface area contributed by atoms with Crippen molar-refractivity contribution in [3.63, 3.8) is 0 Å². The van der Waals surface area contributed by atoms with Gasteiger partial charge in [0.15, 0.2) is 22.9 Å². The highest BCUT2D eigenvalue weighted by Gasteiger charge is 2.29. The fourth-order valence-electron chi connectivity index (χ4n) is 10.8. The fraction of sp³-hybridized carbons (Fsp3) is 0.440. The van der Waals surface area contributed by atoms with E-state index in [2.05, 4.69) is 98.5 Å². The van der Waals surface area contributed by atoms with E-state index >= 15 is 0 Å². The second-order valence-corrected chi connectivity index (χ2v) is 18.6. The molecule has 8 heterocycles. The third kappa shape index (κ3) is 7.99. The molecule has 342 valence electrons. The number of pyridine rings is 2. The normalized spacial score (nSPS) is 16.3. The van der Waals surface area contributed by atoms with Gasteiger partial charge in [-0.05, 0) is 101 Å². The van der Waals surface area contributed by atoms with Crippen molar-refractivity contribution in [2.45, 2.75) is 111 Å². The zero-order chi connectivity index (χ0) is 45.6. The van der Waals surface area contributed by atoms with Gasteiger partial charge in [0.1, 0.15) is 23.7 Å². The molecule has 2 aliphatic heterocycles. The van der Waals surface area contributed by atoms with Crippen LogP contribution in [-0.2, 0) is 19.6 Å². The van der Waals surface area contributed by atoms with Crippen molar-refractivity contribution in [2.24, 2.45) is 0 Å². The number of aromatic amines is 1. The molecule has 10 rings (SSSR count). The first-order valence-corrected chi connectivity index (χ1v) is 23.6. The lowest BCUT2D eigenvalue weighted by atomic mass is 10.00. The summed E-state index contributed by atoms with van der Waals surface area (Å²) in [6, 6.07) is 17.4. The number of benzene rings is 2. The minimum absolute atomic E-state index is 0.0440. The Labute approximate surface area is 383 Å². The Morgan fingerprint density at radius 2 is 1.38 bits per heavy atom. The van der Waals surface area contributed by atoms with Crippen LogP contribution >= 0.6 is 0 Å². The quantitative estimate of drug-likeness (QED) is 0.120. The highest BCUT2D eigenvalue weighted by Crippen LogP contribution is 2.31. The van der Waals surface area contributed by atoms with Gasteiger partial charge in [-0.1, -0.05) is 36.4 Å². The summed E-state index contributed by atoms with van der Waals surface area (Å²) in [7, 11) is 0. The number of likely N-dealkylation sites (tertiary alicyclic amines) is 2. The molecule has 0 amide bonds. The van der Waals surface area contributed by atoms with Crippen LogP contribution < -0.4 is 21.3 Å². The molecule has 2 saturated heterocycles. The van der Waals surface area contributed by atoms with Gasteiger partial charge < -0.3 is 33.8 Å². The Balaban J connectivity index is 0.859. The first-order chi connectivity index (χ1) is 32.1. The van der Waals surface area contributed by atoms with E-state index in [0.29, 0.717) is 49.2 Å². The highest BCUT2D eigenvalue weighted by molar-refractivity contribution is 5.87. The monoisotopic (exact) mass is 889 g/mol. The van der Waals surface area contributed by atoms with Crippen LogP contribution in [0.15, 0.2) is 83.4 Å². The second kappa shape index (κ2) is 18.0. The van der Waals surface area contributed by atoms with Crippen molar-refractivity contribution in [3.8, 4) is 0 Å². The number of fused-ring (bicyclic) bond motifs is 4. The van der Waals surface area contributed by atoms with Crippen molar-refractivity contribution in [2.75, 3.05) is 42.9 Å². The number of H-pyrrole nitrogens is 1. The van der Waals surface area contributed by atoms with Crippen LogP contribution in [0.1, 0.15) is 88.0 Å². The smallest absolute Gasteiger partial charge is 0.259 e. The zero-order valence-corrected chi connectivity index (χ0v) is 38.9. The van der Waals surface area contributed by atoms with E-state index < -0.39 is 0 Å². The lowest BCUT2D eigenvalue weighted by molar-refractivity contribution is 0.131. The van der Waals surface area contributed by atoms with Crippen LogP contribution in [0.5, 0.6) is 0 Å². The number of piperidine rings is 2. The molecule has 0 spiro atoms. The summed E-state index contributed by atoms with van der Waals surface area (Å²) in [4.78, 5) is 66.9. The molecule has 8 aromatic rings. The van der Waals surface area contributed by atoms with E-state index in [4.69, 9.17) is 9.97 Å². The van der Waals surface area contributed by atoms with E-state index in [-0.39, 0.29) is 29.2 Å². The molecule has 6 aromatic heterocycles. The van der Waals surface area contributed by atoms with Crippen molar-refractivity contribution >= 4 is 55.5 Å². The molecular weight excluding hydrogens is 829 g/mol. The third-order valence-corrected chi connectivity index (χ3v) is 14.4. The fourth-order valence-corrected chi connectivity index (χ4v) is 10.8. The number of rotatable bonds is 13. The van der Waals surface area contributed by atoms with Gasteiger partial charge in [0, 0.05) is 74.8 Å². The van der Waals surface area contributed by atoms with Gasteiger partial charge in [-0.2, -0.15) is 0 Å². The van der Waals surface area contributed by atoms with Gasteiger partial charge in [0.2, 0.25) is 0 Å². The van der Waals surface area contributed by atoms with Crippen molar-refractivity contribution in [1.82, 2.24) is 58.4 Å². The SMILES string of the molecule is CCN(Cc1cc2cccc(C)c2c(=O)n1C1CCN(C(C)Cn2cnc3c(NCc4cc5cccc(C)c5c(=O)n4C4CCN(C(C)C)CC4)ncnc32)CC1)c1ncnc2nc[nH]c12. The van der Waals surface area contributed by atoms with E-state index in [9.17, 15) is 9.59 Å². The molecule has 0 bridgehead atoms. The zero-order valence-electron chi connectivity index (χ0n) is 38.9. The molecular formula is C50H60N14O2. The summed E-state index contributed by atoms with van der Waals surface area (Å²) in [5, 5.41) is 7.07. The molecule has 0 aliphatic carbocycles. The van der Waals surface area contributed by atoms with Crippen LogP contribution in [0.2, 0.25) is 0 Å². The van der Waals surface area contributed by atoms with Crippen LogP contribution in [0.3, 0.4) is 0 Å². The predicted octanol–water partition coefficient (Wildman–Crippen LogP) is 7.15. The number of nitrogens with zero attached hydrogens (tertiary/aromatic N) is 12. The minimum Gasteiger partial charge on any atom is -0.363 e. The Hall–Kier alpha value is -6.52. The topological polar surface area (TPSA) is 164 Å². The summed E-state index contributed by atoms with van der Waals surface area (Å²) < 4.78 is 6.25. The van der Waals surface area contributed by atoms with Crippen LogP contribution in [0, 0.1) is 13.8 Å². The van der Waals surface area contributed by atoms with Gasteiger partial charge in [0.05, 0.1) is 36.5 Å². The number of aryl methyl sites for hydroxylation is 2. The molecule has 1 unspecified atom stereocenters. The predicted molar refractivity (Wildman–Crippen MR) is 261 cm³/mol. The van der Waals surface area contributed by atoms with Gasteiger partial charge in [-0.25, -0.2) is 29.9 Å². The van der Waals surface area contributed by atoms with Gasteiger partial charge in [0.25, 0.3) is 11.1 Å². The van der Waals surface area contributed by atoms with Crippen LogP contribution in [0.25, 0.3) is 43.9 Å². The van der Waals surface area contributed by atoms with Gasteiger partial charge in [-0.15, -0.1) is 0 Å². The molecule has 16 heteroatoms. The van der Waals surface area contributed by atoms with Crippen molar-refractivity contribution in [3.05, 3.63) is 117 Å². The number of imidazole rings is 2. The number of anilines is 2. The Morgan fingerprint density at radius 1 is 0.758 bits per heavy atom.